The zero-order valence-corrected chi connectivity index (χ0v) is 17.8. The third-order valence-corrected chi connectivity index (χ3v) is 7.18. The van der Waals surface area contributed by atoms with E-state index >= 15 is 0 Å². The molecule has 5 rings (SSSR count). The van der Waals surface area contributed by atoms with Gasteiger partial charge in [-0.3, -0.25) is 0 Å². The van der Waals surface area contributed by atoms with Gasteiger partial charge in [-0.05, 0) is 50.3 Å². The Morgan fingerprint density at radius 3 is 2.62 bits per heavy atom. The second-order valence-electron chi connectivity index (χ2n) is 7.74. The van der Waals surface area contributed by atoms with Crippen LogP contribution in [0.4, 0.5) is 5.82 Å². The third-order valence-electron chi connectivity index (χ3n) is 6.00. The highest BCUT2D eigenvalue weighted by Gasteiger charge is 2.32. The number of ether oxygens (including phenoxy) is 2. The highest BCUT2D eigenvalue weighted by molar-refractivity contribution is 7.19. The van der Waals surface area contributed by atoms with Gasteiger partial charge in [0.1, 0.15) is 34.1 Å². The molecule has 2 aromatic heterocycles. The number of aromatic nitrogens is 2. The molecule has 0 saturated heterocycles. The van der Waals surface area contributed by atoms with Gasteiger partial charge in [0.15, 0.2) is 0 Å². The van der Waals surface area contributed by atoms with Crippen LogP contribution in [0.5, 0.6) is 11.5 Å². The quantitative estimate of drug-likeness (QED) is 0.704. The van der Waals surface area contributed by atoms with Crippen molar-refractivity contribution in [3.63, 3.8) is 0 Å². The van der Waals surface area contributed by atoms with Crippen molar-refractivity contribution >= 4 is 27.4 Å². The molecule has 152 valence electrons. The topological polar surface area (TPSA) is 67.7 Å². The lowest BCUT2D eigenvalue weighted by Crippen LogP contribution is -2.35. The summed E-state index contributed by atoms with van der Waals surface area (Å²) in [5.74, 6) is 3.16. The number of hydrogen-bond donors (Lipinski definition) is 1. The van der Waals surface area contributed by atoms with Crippen molar-refractivity contribution in [3.8, 4) is 11.5 Å². The lowest BCUT2D eigenvalue weighted by atomic mass is 9.94. The maximum absolute atomic E-state index is 11.0. The Morgan fingerprint density at radius 2 is 1.83 bits per heavy atom. The first-order valence-corrected chi connectivity index (χ1v) is 10.9. The third kappa shape index (κ3) is 2.95. The molecule has 29 heavy (non-hydrogen) atoms. The highest BCUT2D eigenvalue weighted by Crippen LogP contribution is 2.44. The number of aliphatic hydroxyl groups excluding tert-OH is 1. The van der Waals surface area contributed by atoms with Gasteiger partial charge in [0.2, 0.25) is 0 Å². The van der Waals surface area contributed by atoms with Crippen LogP contribution in [0.3, 0.4) is 0 Å². The molecule has 3 heterocycles. The molecule has 0 fully saturated rings. The van der Waals surface area contributed by atoms with E-state index in [2.05, 4.69) is 4.90 Å². The van der Waals surface area contributed by atoms with Crippen molar-refractivity contribution in [2.24, 2.45) is 0 Å². The molecule has 0 bridgehead atoms. The van der Waals surface area contributed by atoms with E-state index < -0.39 is 6.10 Å². The average Bonchev–Trinajstić information content (AvgIpc) is 3.10. The van der Waals surface area contributed by atoms with Gasteiger partial charge in [0.05, 0.1) is 26.2 Å². The second-order valence-corrected chi connectivity index (χ2v) is 8.83. The van der Waals surface area contributed by atoms with Crippen LogP contribution in [0.2, 0.25) is 0 Å². The second kappa shape index (κ2) is 7.15. The zero-order chi connectivity index (χ0) is 20.1. The van der Waals surface area contributed by atoms with Crippen molar-refractivity contribution in [1.82, 2.24) is 9.97 Å². The predicted molar refractivity (Wildman–Crippen MR) is 114 cm³/mol. The first-order valence-electron chi connectivity index (χ1n) is 10.1. The number of aryl methyl sites for hydroxylation is 3. The van der Waals surface area contributed by atoms with Gasteiger partial charge in [-0.15, -0.1) is 11.3 Å². The minimum atomic E-state index is -0.677. The normalized spacial score (nSPS) is 18.5. The highest BCUT2D eigenvalue weighted by atomic mass is 32.1. The molecule has 3 aromatic rings. The standard InChI is InChI=1S/C22H25N3O3S/c1-12-23-21(20-13-6-4-5-7-18(13)29-22(20)24-12)25-10-14-16(27-2)8-9-17(28-3)19(14)15(26)11-25/h8-9,15,26H,4-7,10-11H2,1-3H3/t15-/m0/s1. The molecule has 1 aromatic carbocycles. The van der Waals surface area contributed by atoms with Crippen molar-refractivity contribution < 1.29 is 14.6 Å². The van der Waals surface area contributed by atoms with Gasteiger partial charge in [0, 0.05) is 22.5 Å². The molecule has 0 unspecified atom stereocenters. The Bertz CT molecular complexity index is 1090. The van der Waals surface area contributed by atoms with E-state index in [1.54, 1.807) is 14.2 Å². The zero-order valence-electron chi connectivity index (χ0n) is 17.0. The van der Waals surface area contributed by atoms with Crippen LogP contribution in [-0.2, 0) is 19.4 Å². The maximum atomic E-state index is 11.0. The number of nitrogens with zero attached hydrogens (tertiary/aromatic N) is 3. The van der Waals surface area contributed by atoms with Crippen LogP contribution in [0, 0.1) is 6.92 Å². The molecule has 1 aliphatic carbocycles. The minimum absolute atomic E-state index is 0.465. The number of fused-ring (bicyclic) bond motifs is 4. The molecule has 0 amide bonds. The molecule has 0 saturated carbocycles. The van der Waals surface area contributed by atoms with E-state index in [-0.39, 0.29) is 0 Å². The van der Waals surface area contributed by atoms with Gasteiger partial charge in [-0.2, -0.15) is 0 Å². The van der Waals surface area contributed by atoms with E-state index in [1.165, 1.54) is 28.7 Å². The number of aliphatic hydroxyl groups is 1. The van der Waals surface area contributed by atoms with Crippen molar-refractivity contribution in [3.05, 3.63) is 39.5 Å². The molecule has 1 N–H and O–H groups in total. The van der Waals surface area contributed by atoms with E-state index in [9.17, 15) is 5.11 Å². The van der Waals surface area contributed by atoms with E-state index in [0.717, 1.165) is 46.2 Å². The average molecular weight is 412 g/mol. The van der Waals surface area contributed by atoms with Crippen LogP contribution >= 0.6 is 11.3 Å². The maximum Gasteiger partial charge on any atom is 0.141 e. The molecule has 6 nitrogen and oxygen atoms in total. The Balaban J connectivity index is 1.67. The van der Waals surface area contributed by atoms with Crippen molar-refractivity contribution in [1.29, 1.82) is 0 Å². The number of β-amino-alcohol motifs (C(OH)–C–C–N with tert-alkyl or cyclic N) is 1. The van der Waals surface area contributed by atoms with E-state index in [0.29, 0.717) is 18.8 Å². The van der Waals surface area contributed by atoms with Crippen LogP contribution in [0.1, 0.15) is 46.3 Å². The smallest absolute Gasteiger partial charge is 0.141 e. The number of hydrogen-bond acceptors (Lipinski definition) is 7. The fraction of sp³-hybridized carbons (Fsp3) is 0.455. The largest absolute Gasteiger partial charge is 0.496 e. The molecule has 2 aliphatic rings. The summed E-state index contributed by atoms with van der Waals surface area (Å²) in [5, 5.41) is 12.2. The van der Waals surface area contributed by atoms with Crippen LogP contribution in [-0.4, -0.2) is 35.8 Å². The van der Waals surface area contributed by atoms with Crippen molar-refractivity contribution in [2.75, 3.05) is 25.7 Å². The molecule has 0 radical (unpaired) electrons. The summed E-state index contributed by atoms with van der Waals surface area (Å²) in [6, 6.07) is 3.76. The predicted octanol–water partition coefficient (Wildman–Crippen LogP) is 3.95. The molecular formula is C22H25N3O3S. The van der Waals surface area contributed by atoms with Gasteiger partial charge < -0.3 is 19.5 Å². The lowest BCUT2D eigenvalue weighted by Gasteiger charge is -2.35. The molecule has 1 aliphatic heterocycles. The Morgan fingerprint density at radius 1 is 1.07 bits per heavy atom. The first kappa shape index (κ1) is 18.6. The minimum Gasteiger partial charge on any atom is -0.496 e. The summed E-state index contributed by atoms with van der Waals surface area (Å²) in [5.41, 5.74) is 3.18. The van der Waals surface area contributed by atoms with Crippen LogP contribution in [0.15, 0.2) is 12.1 Å². The molecule has 0 spiro atoms. The SMILES string of the molecule is COc1ccc(OC)c2c1CN(c1nc(C)nc3sc4c(c13)CCCC4)C[C@@H]2O. The van der Waals surface area contributed by atoms with Crippen molar-refractivity contribution in [2.45, 2.75) is 45.3 Å². The number of methoxy groups -OCH3 is 2. The Kier molecular flexibility index (Phi) is 4.59. The summed E-state index contributed by atoms with van der Waals surface area (Å²) < 4.78 is 11.1. The molecule has 7 heteroatoms. The van der Waals surface area contributed by atoms with E-state index in [4.69, 9.17) is 19.4 Å². The van der Waals surface area contributed by atoms with Crippen LogP contribution in [0.25, 0.3) is 10.2 Å². The Labute approximate surface area is 174 Å². The molecule has 1 atom stereocenters. The summed E-state index contributed by atoms with van der Waals surface area (Å²) in [7, 11) is 3.30. The number of anilines is 1. The summed E-state index contributed by atoms with van der Waals surface area (Å²) >= 11 is 1.81. The van der Waals surface area contributed by atoms with Gasteiger partial charge >= 0.3 is 0 Å². The van der Waals surface area contributed by atoms with Gasteiger partial charge in [0.25, 0.3) is 0 Å². The van der Waals surface area contributed by atoms with Gasteiger partial charge in [-0.25, -0.2) is 9.97 Å². The van der Waals surface area contributed by atoms with E-state index in [1.807, 2.05) is 30.4 Å². The van der Waals surface area contributed by atoms with Crippen LogP contribution < -0.4 is 14.4 Å². The van der Waals surface area contributed by atoms with Gasteiger partial charge in [-0.1, -0.05) is 0 Å². The summed E-state index contributed by atoms with van der Waals surface area (Å²) in [4.78, 5) is 14.3. The number of thiophene rings is 1. The number of rotatable bonds is 3. The first-order chi connectivity index (χ1) is 14.1. The fourth-order valence-corrected chi connectivity index (χ4v) is 6.01. The monoisotopic (exact) mass is 411 g/mol. The summed E-state index contributed by atoms with van der Waals surface area (Å²) in [6.45, 7) is 3.02. The fourth-order valence-electron chi connectivity index (χ4n) is 4.71. The lowest BCUT2D eigenvalue weighted by molar-refractivity contribution is 0.169. The summed E-state index contributed by atoms with van der Waals surface area (Å²) in [6.07, 6.45) is 3.99. The molecular weight excluding hydrogens is 386 g/mol. The number of benzene rings is 1. The Hall–Kier alpha value is -2.38.